The minimum Gasteiger partial charge on any atom is -0.504 e. The summed E-state index contributed by atoms with van der Waals surface area (Å²) < 4.78 is 0. The Balaban J connectivity index is 2.58. The quantitative estimate of drug-likeness (QED) is 0.634. The molecule has 0 bridgehead atoms. The number of hydrogen-bond acceptors (Lipinski definition) is 3. The summed E-state index contributed by atoms with van der Waals surface area (Å²) in [7, 11) is 0. The average molecular weight is 340 g/mol. The third-order valence-corrected chi connectivity index (χ3v) is 5.01. The number of pyridine rings is 2. The van der Waals surface area contributed by atoms with Crippen LogP contribution in [0.2, 0.25) is 0 Å². The van der Waals surface area contributed by atoms with Gasteiger partial charge >= 0.3 is 0 Å². The Morgan fingerprint density at radius 1 is 0.840 bits per heavy atom. The molecule has 0 spiro atoms. The van der Waals surface area contributed by atoms with Crippen LogP contribution in [0.25, 0.3) is 21.8 Å². The van der Waals surface area contributed by atoms with E-state index in [0.717, 1.165) is 47.6 Å². The van der Waals surface area contributed by atoms with Gasteiger partial charge in [-0.3, -0.25) is 9.59 Å². The lowest BCUT2D eigenvalue weighted by Crippen LogP contribution is -2.15. The maximum atomic E-state index is 12.3. The van der Waals surface area contributed by atoms with Crippen molar-refractivity contribution in [2.75, 3.05) is 0 Å². The van der Waals surface area contributed by atoms with E-state index in [1.807, 2.05) is 19.9 Å². The van der Waals surface area contributed by atoms with Gasteiger partial charge in [-0.15, -0.1) is 0 Å². The first kappa shape index (κ1) is 17.3. The third kappa shape index (κ3) is 2.64. The molecule has 2 aromatic heterocycles. The Morgan fingerprint density at radius 3 is 1.60 bits per heavy atom. The highest BCUT2D eigenvalue weighted by molar-refractivity contribution is 6.04. The number of aromatic hydroxyl groups is 1. The molecule has 0 unspecified atom stereocenters. The molecule has 132 valence electrons. The second kappa shape index (κ2) is 6.39. The maximum Gasteiger partial charge on any atom is 0.251 e. The van der Waals surface area contributed by atoms with Gasteiger partial charge in [0.25, 0.3) is 11.1 Å². The zero-order valence-electron chi connectivity index (χ0n) is 15.2. The molecule has 5 heteroatoms. The summed E-state index contributed by atoms with van der Waals surface area (Å²) in [5, 5.41) is 12.5. The fourth-order valence-corrected chi connectivity index (χ4v) is 3.63. The Labute approximate surface area is 145 Å². The molecule has 0 fully saturated rings. The van der Waals surface area contributed by atoms with Crippen molar-refractivity contribution in [3.8, 4) is 5.75 Å². The SMILES string of the molecule is CCCc1c(C)c(=O)[nH]c2c(O)c3[nH]c(=O)c(C)c(CCC)c3cc12. The van der Waals surface area contributed by atoms with Crippen LogP contribution in [0.15, 0.2) is 15.7 Å². The van der Waals surface area contributed by atoms with Gasteiger partial charge in [0.2, 0.25) is 0 Å². The van der Waals surface area contributed by atoms with Crippen LogP contribution in [0.1, 0.15) is 48.9 Å². The van der Waals surface area contributed by atoms with Gasteiger partial charge in [-0.25, -0.2) is 0 Å². The van der Waals surface area contributed by atoms with Crippen LogP contribution in [-0.4, -0.2) is 15.1 Å². The fraction of sp³-hybridized carbons (Fsp3) is 0.400. The van der Waals surface area contributed by atoms with Crippen molar-refractivity contribution >= 4 is 21.8 Å². The van der Waals surface area contributed by atoms with Gasteiger partial charge in [-0.1, -0.05) is 26.7 Å². The van der Waals surface area contributed by atoms with E-state index in [0.29, 0.717) is 22.2 Å². The molecule has 0 aliphatic carbocycles. The summed E-state index contributed by atoms with van der Waals surface area (Å²) in [6, 6.07) is 2.01. The highest BCUT2D eigenvalue weighted by Gasteiger charge is 2.18. The molecule has 25 heavy (non-hydrogen) atoms. The van der Waals surface area contributed by atoms with Crippen LogP contribution in [0.5, 0.6) is 5.75 Å². The van der Waals surface area contributed by atoms with E-state index in [-0.39, 0.29) is 16.9 Å². The van der Waals surface area contributed by atoms with E-state index in [2.05, 4.69) is 23.8 Å². The van der Waals surface area contributed by atoms with Crippen molar-refractivity contribution in [1.29, 1.82) is 0 Å². The molecule has 3 aromatic rings. The summed E-state index contributed by atoms with van der Waals surface area (Å²) in [5.74, 6) is -0.0589. The van der Waals surface area contributed by atoms with Crippen LogP contribution >= 0.6 is 0 Å². The van der Waals surface area contributed by atoms with Gasteiger partial charge in [0.1, 0.15) is 0 Å². The van der Waals surface area contributed by atoms with E-state index in [4.69, 9.17) is 0 Å². The standard InChI is InChI=1S/C20H24N2O3/c1-5-7-12-10(3)19(24)21-16-14(12)9-15-13(8-6-2)11(4)20(25)22-17(15)18(16)23/h9,23H,5-8H2,1-4H3,(H,21,24)(H,22,25). The van der Waals surface area contributed by atoms with Gasteiger partial charge in [0.05, 0.1) is 11.0 Å². The van der Waals surface area contributed by atoms with Crippen LogP contribution in [-0.2, 0) is 12.8 Å². The topological polar surface area (TPSA) is 85.9 Å². The number of fused-ring (bicyclic) bond motifs is 2. The van der Waals surface area contributed by atoms with E-state index in [9.17, 15) is 14.7 Å². The summed E-state index contributed by atoms with van der Waals surface area (Å²) in [5.41, 5.74) is 3.69. The van der Waals surface area contributed by atoms with Gasteiger partial charge in [-0.05, 0) is 43.9 Å². The highest BCUT2D eigenvalue weighted by atomic mass is 16.3. The van der Waals surface area contributed by atoms with Gasteiger partial charge < -0.3 is 15.1 Å². The van der Waals surface area contributed by atoms with Crippen molar-refractivity contribution in [3.05, 3.63) is 49.0 Å². The van der Waals surface area contributed by atoms with Crippen molar-refractivity contribution < 1.29 is 5.11 Å². The number of aromatic amines is 2. The molecular formula is C20H24N2O3. The zero-order chi connectivity index (χ0) is 18.3. The molecule has 0 radical (unpaired) electrons. The number of aromatic nitrogens is 2. The normalized spacial score (nSPS) is 11.5. The molecule has 0 atom stereocenters. The molecule has 3 N–H and O–H groups in total. The van der Waals surface area contributed by atoms with Crippen molar-refractivity contribution in [2.45, 2.75) is 53.4 Å². The molecule has 1 aromatic carbocycles. The monoisotopic (exact) mass is 340 g/mol. The maximum absolute atomic E-state index is 12.3. The number of H-pyrrole nitrogens is 2. The Kier molecular flexibility index (Phi) is 4.41. The fourth-order valence-electron chi connectivity index (χ4n) is 3.63. The van der Waals surface area contributed by atoms with E-state index in [1.165, 1.54) is 0 Å². The molecule has 0 amide bonds. The van der Waals surface area contributed by atoms with Gasteiger partial charge in [0.15, 0.2) is 5.75 Å². The zero-order valence-corrected chi connectivity index (χ0v) is 15.2. The predicted molar refractivity (Wildman–Crippen MR) is 102 cm³/mol. The summed E-state index contributed by atoms with van der Waals surface area (Å²) in [4.78, 5) is 30.1. The minimum absolute atomic E-state index is 0.0589. The lowest BCUT2D eigenvalue weighted by molar-refractivity contribution is 0.485. The Morgan fingerprint density at radius 2 is 1.24 bits per heavy atom. The first-order valence-corrected chi connectivity index (χ1v) is 8.83. The lowest BCUT2D eigenvalue weighted by Gasteiger charge is -2.15. The second-order valence-electron chi connectivity index (χ2n) is 6.69. The van der Waals surface area contributed by atoms with Crippen molar-refractivity contribution in [2.24, 2.45) is 0 Å². The molecule has 2 heterocycles. The van der Waals surface area contributed by atoms with Crippen molar-refractivity contribution in [3.63, 3.8) is 0 Å². The molecule has 0 aliphatic heterocycles. The van der Waals surface area contributed by atoms with Crippen LogP contribution in [0.4, 0.5) is 0 Å². The van der Waals surface area contributed by atoms with E-state index >= 15 is 0 Å². The smallest absolute Gasteiger partial charge is 0.251 e. The number of phenolic OH excluding ortho intramolecular Hbond substituents is 1. The van der Waals surface area contributed by atoms with Gasteiger partial charge in [0, 0.05) is 21.9 Å². The van der Waals surface area contributed by atoms with E-state index in [1.54, 1.807) is 0 Å². The Hall–Kier alpha value is -2.56. The molecule has 0 saturated heterocycles. The summed E-state index contributed by atoms with van der Waals surface area (Å²) >= 11 is 0. The molecule has 0 aliphatic rings. The third-order valence-electron chi connectivity index (χ3n) is 5.01. The lowest BCUT2D eigenvalue weighted by atomic mass is 9.94. The largest absolute Gasteiger partial charge is 0.504 e. The second-order valence-corrected chi connectivity index (χ2v) is 6.69. The van der Waals surface area contributed by atoms with Crippen LogP contribution in [0, 0.1) is 13.8 Å². The van der Waals surface area contributed by atoms with Crippen LogP contribution in [0.3, 0.4) is 0 Å². The molecule has 5 nitrogen and oxygen atoms in total. The minimum atomic E-state index is -0.200. The van der Waals surface area contributed by atoms with Gasteiger partial charge in [-0.2, -0.15) is 0 Å². The van der Waals surface area contributed by atoms with Crippen molar-refractivity contribution in [1.82, 2.24) is 9.97 Å². The average Bonchev–Trinajstić information content (AvgIpc) is 2.58. The molecule has 0 saturated carbocycles. The number of nitrogens with one attached hydrogen (secondary N) is 2. The predicted octanol–water partition coefficient (Wildman–Crippen LogP) is 3.60. The molecule has 3 rings (SSSR count). The Bertz CT molecular complexity index is 1010. The summed E-state index contributed by atoms with van der Waals surface area (Å²) in [6.07, 6.45) is 3.35. The number of benzene rings is 1. The van der Waals surface area contributed by atoms with Crippen LogP contribution < -0.4 is 11.1 Å². The summed E-state index contributed by atoms with van der Waals surface area (Å²) in [6.45, 7) is 7.76. The van der Waals surface area contributed by atoms with E-state index < -0.39 is 0 Å². The number of hydrogen-bond donors (Lipinski definition) is 3. The number of aryl methyl sites for hydroxylation is 2. The number of rotatable bonds is 4. The first-order chi connectivity index (χ1) is 11.9. The first-order valence-electron chi connectivity index (χ1n) is 8.83. The number of phenols is 1. The highest BCUT2D eigenvalue weighted by Crippen LogP contribution is 2.35. The molecular weight excluding hydrogens is 316 g/mol.